The Labute approximate surface area is 142 Å². The number of rotatable bonds is 6. The summed E-state index contributed by atoms with van der Waals surface area (Å²) in [6.07, 6.45) is -0.781. The molecule has 1 aromatic heterocycles. The minimum atomic E-state index is -1.11. The fourth-order valence-corrected chi connectivity index (χ4v) is 7.14. The molecule has 1 amide bonds. The molecular weight excluding hydrogens is 366 g/mol. The molecule has 0 aromatic carbocycles. The van der Waals surface area contributed by atoms with Crippen LogP contribution in [-0.4, -0.2) is 53.7 Å². The van der Waals surface area contributed by atoms with Crippen molar-refractivity contribution >= 4 is 58.5 Å². The first-order valence-corrected chi connectivity index (χ1v) is 9.91. The van der Waals surface area contributed by atoms with Gasteiger partial charge in [0.1, 0.15) is 10.9 Å². The van der Waals surface area contributed by atoms with Gasteiger partial charge in [0, 0.05) is 0 Å². The van der Waals surface area contributed by atoms with Crippen LogP contribution < -0.4 is 0 Å². The maximum absolute atomic E-state index is 12.0. The van der Waals surface area contributed by atoms with Crippen LogP contribution in [0.1, 0.15) is 6.92 Å². The summed E-state index contributed by atoms with van der Waals surface area (Å²) in [6.45, 7) is 1.55. The summed E-state index contributed by atoms with van der Waals surface area (Å²) in [7, 11) is 0. The van der Waals surface area contributed by atoms with Crippen LogP contribution in [0.4, 0.5) is 0 Å². The van der Waals surface area contributed by atoms with Crippen molar-refractivity contribution in [1.29, 1.82) is 0 Å². The summed E-state index contributed by atoms with van der Waals surface area (Å²) in [6, 6.07) is 0. The molecule has 2 aliphatic heterocycles. The number of aromatic nitrogens is 2. The van der Waals surface area contributed by atoms with E-state index in [0.29, 0.717) is 9.32 Å². The molecule has 11 heteroatoms. The molecule has 3 rings (SSSR count). The van der Waals surface area contributed by atoms with Crippen molar-refractivity contribution in [3.05, 3.63) is 15.4 Å². The molecule has 1 saturated heterocycles. The summed E-state index contributed by atoms with van der Waals surface area (Å²) in [5.41, 5.74) is 1.66. The normalized spacial score (nSPS) is 25.2. The molecule has 0 bridgehead atoms. The lowest BCUT2D eigenvalue weighted by Crippen LogP contribution is -2.60. The first-order valence-electron chi connectivity index (χ1n) is 6.18. The van der Waals surface area contributed by atoms with Gasteiger partial charge in [-0.05, 0) is 6.92 Å². The predicted octanol–water partition coefficient (Wildman–Crippen LogP) is 1.49. The SMILES string of the molecule is C[C@@H](O)[C@H]1C(=O)N2C(C(=O)O)=C(SCSc3nncs3)S[C@H]12. The van der Waals surface area contributed by atoms with Crippen molar-refractivity contribution in [2.45, 2.75) is 22.7 Å². The largest absolute Gasteiger partial charge is 0.477 e. The smallest absolute Gasteiger partial charge is 0.354 e. The van der Waals surface area contributed by atoms with E-state index in [4.69, 9.17) is 0 Å². The third-order valence-corrected chi connectivity index (χ3v) is 7.83. The van der Waals surface area contributed by atoms with Gasteiger partial charge in [-0.1, -0.05) is 34.9 Å². The first kappa shape index (κ1) is 16.1. The Morgan fingerprint density at radius 1 is 1.55 bits per heavy atom. The van der Waals surface area contributed by atoms with Gasteiger partial charge in [-0.3, -0.25) is 9.69 Å². The number of carbonyl (C=O) groups is 2. The van der Waals surface area contributed by atoms with Crippen LogP contribution in [0.5, 0.6) is 0 Å². The highest BCUT2D eigenvalue weighted by molar-refractivity contribution is 8.28. The van der Waals surface area contributed by atoms with Gasteiger partial charge in [0.05, 0.1) is 21.3 Å². The van der Waals surface area contributed by atoms with Crippen LogP contribution in [0, 0.1) is 5.92 Å². The second-order valence-corrected chi connectivity index (χ2v) is 9.33. The zero-order chi connectivity index (χ0) is 15.9. The number of hydrogen-bond acceptors (Lipinski definition) is 9. The lowest BCUT2D eigenvalue weighted by atomic mass is 9.92. The highest BCUT2D eigenvalue weighted by atomic mass is 32.2. The molecule has 2 N–H and O–H groups in total. The van der Waals surface area contributed by atoms with E-state index in [1.807, 2.05) is 0 Å². The Hall–Kier alpha value is -0.750. The first-order chi connectivity index (χ1) is 10.5. The number of hydrogen-bond donors (Lipinski definition) is 2. The summed E-state index contributed by atoms with van der Waals surface area (Å²) in [4.78, 5) is 24.8. The topological polar surface area (TPSA) is 104 Å². The molecule has 1 fully saturated rings. The van der Waals surface area contributed by atoms with Crippen molar-refractivity contribution in [2.75, 3.05) is 5.08 Å². The van der Waals surface area contributed by atoms with Gasteiger partial charge in [-0.2, -0.15) is 0 Å². The Morgan fingerprint density at radius 3 is 2.91 bits per heavy atom. The van der Waals surface area contributed by atoms with E-state index < -0.39 is 18.0 Å². The van der Waals surface area contributed by atoms with Crippen LogP contribution in [0.2, 0.25) is 0 Å². The summed E-state index contributed by atoms with van der Waals surface area (Å²) < 4.78 is 1.42. The van der Waals surface area contributed by atoms with Crippen molar-refractivity contribution in [2.24, 2.45) is 5.92 Å². The molecule has 0 aliphatic carbocycles. The van der Waals surface area contributed by atoms with Crippen molar-refractivity contribution in [1.82, 2.24) is 15.1 Å². The van der Waals surface area contributed by atoms with E-state index in [2.05, 4.69) is 10.2 Å². The summed E-state index contributed by atoms with van der Waals surface area (Å²) in [5, 5.41) is 26.9. The number of amides is 1. The number of nitrogens with zero attached hydrogens (tertiary/aromatic N) is 3. The zero-order valence-corrected chi connectivity index (χ0v) is 14.5. The molecule has 3 heterocycles. The second-order valence-electron chi connectivity index (χ2n) is 4.54. The van der Waals surface area contributed by atoms with Gasteiger partial charge in [0.25, 0.3) is 0 Å². The lowest BCUT2D eigenvalue weighted by Gasteiger charge is -2.43. The monoisotopic (exact) mass is 377 g/mol. The summed E-state index contributed by atoms with van der Waals surface area (Å²) in [5.74, 6) is -1.97. The number of carboxylic acid groups (broad SMARTS) is 1. The molecule has 1 aromatic rings. The summed E-state index contributed by atoms with van der Waals surface area (Å²) >= 11 is 5.60. The van der Waals surface area contributed by atoms with Gasteiger partial charge in [0.15, 0.2) is 10.0 Å². The molecule has 3 atom stereocenters. The van der Waals surface area contributed by atoms with Gasteiger partial charge in [-0.15, -0.1) is 22.0 Å². The number of aliphatic hydroxyl groups is 1. The highest BCUT2D eigenvalue weighted by Crippen LogP contribution is 2.54. The maximum Gasteiger partial charge on any atom is 0.354 e. The number of fused-ring (bicyclic) bond motifs is 1. The van der Waals surface area contributed by atoms with Crippen molar-refractivity contribution < 1.29 is 19.8 Å². The van der Waals surface area contributed by atoms with Crippen molar-refractivity contribution in [3.8, 4) is 0 Å². The Kier molecular flexibility index (Phi) is 4.69. The molecule has 2 aliphatic rings. The van der Waals surface area contributed by atoms with Crippen LogP contribution >= 0.6 is 46.6 Å². The molecule has 0 spiro atoms. The van der Waals surface area contributed by atoms with Gasteiger partial charge in [-0.25, -0.2) is 4.79 Å². The Bertz CT molecular complexity index is 633. The molecule has 0 saturated carbocycles. The molecule has 0 unspecified atom stereocenters. The lowest BCUT2D eigenvalue weighted by molar-refractivity contribution is -0.156. The Balaban J connectivity index is 1.70. The molecule has 22 heavy (non-hydrogen) atoms. The number of thioether (sulfide) groups is 3. The number of carbonyl (C=O) groups excluding carboxylic acids is 1. The standard InChI is InChI=1S/C11H11N3O4S4/c1-4(15)5-7(16)14-6(9(17)18)10(22-8(5)14)20-3-21-11-13-12-2-19-11/h2,4-5,8,15H,3H2,1H3,(H,17,18)/t4-,5+,8-/m1/s1. The van der Waals surface area contributed by atoms with E-state index in [1.54, 1.807) is 12.4 Å². The van der Waals surface area contributed by atoms with Gasteiger partial charge < -0.3 is 10.2 Å². The van der Waals surface area contributed by atoms with Crippen LogP contribution in [0.15, 0.2) is 19.8 Å². The second kappa shape index (κ2) is 6.40. The fraction of sp³-hybridized carbons (Fsp3) is 0.455. The van der Waals surface area contributed by atoms with Crippen molar-refractivity contribution in [3.63, 3.8) is 0 Å². The van der Waals surface area contributed by atoms with Crippen LogP contribution in [0.25, 0.3) is 0 Å². The van der Waals surface area contributed by atoms with E-state index in [0.717, 1.165) is 4.34 Å². The number of aliphatic hydroxyl groups excluding tert-OH is 1. The van der Waals surface area contributed by atoms with E-state index >= 15 is 0 Å². The fourth-order valence-electron chi connectivity index (χ4n) is 2.21. The number of aliphatic carboxylic acids is 1. The van der Waals surface area contributed by atoms with E-state index in [-0.39, 0.29) is 17.0 Å². The minimum absolute atomic E-state index is 0.0276. The number of carboxylic acids is 1. The van der Waals surface area contributed by atoms with Gasteiger partial charge >= 0.3 is 5.97 Å². The Morgan fingerprint density at radius 2 is 2.32 bits per heavy atom. The molecule has 0 radical (unpaired) electrons. The van der Waals surface area contributed by atoms with E-state index in [9.17, 15) is 19.8 Å². The highest BCUT2D eigenvalue weighted by Gasteiger charge is 2.57. The molecule has 7 nitrogen and oxygen atoms in total. The third-order valence-electron chi connectivity index (χ3n) is 3.18. The predicted molar refractivity (Wildman–Crippen MR) is 86.3 cm³/mol. The quantitative estimate of drug-likeness (QED) is 0.433. The number of β-lactam (4-membered cyclic amide) rings is 1. The van der Waals surface area contributed by atoms with Gasteiger partial charge in [0.2, 0.25) is 5.91 Å². The average Bonchev–Trinajstić information content (AvgIpc) is 3.04. The third kappa shape index (κ3) is 2.75. The molecule has 118 valence electrons. The molecular formula is C11H11N3O4S4. The zero-order valence-electron chi connectivity index (χ0n) is 11.2. The minimum Gasteiger partial charge on any atom is -0.477 e. The van der Waals surface area contributed by atoms with Crippen LogP contribution in [0.3, 0.4) is 0 Å². The average molecular weight is 377 g/mol. The maximum atomic E-state index is 12.0. The van der Waals surface area contributed by atoms with Crippen LogP contribution in [-0.2, 0) is 9.59 Å². The van der Waals surface area contributed by atoms with E-state index in [1.165, 1.54) is 51.5 Å².